The molecule has 0 unspecified atom stereocenters. The molecule has 2 N–H and O–H groups in total. The normalized spacial score (nSPS) is 10.6. The lowest BCUT2D eigenvalue weighted by molar-refractivity contribution is -0.123. The number of fused-ring (bicyclic) bond motifs is 1. The van der Waals surface area contributed by atoms with Gasteiger partial charge in [-0.2, -0.15) is 0 Å². The highest BCUT2D eigenvalue weighted by Crippen LogP contribution is 2.28. The van der Waals surface area contributed by atoms with Crippen LogP contribution >= 0.6 is 0 Å². The highest BCUT2D eigenvalue weighted by molar-refractivity contribution is 5.89. The van der Waals surface area contributed by atoms with E-state index >= 15 is 0 Å². The van der Waals surface area contributed by atoms with Crippen molar-refractivity contribution in [3.05, 3.63) is 59.8 Å². The summed E-state index contributed by atoms with van der Waals surface area (Å²) < 4.78 is 12.9. The van der Waals surface area contributed by atoms with Crippen molar-refractivity contribution >= 4 is 22.7 Å². The molecule has 3 aromatic rings. The summed E-state index contributed by atoms with van der Waals surface area (Å²) in [5, 5.41) is 6.71. The maximum Gasteiger partial charge on any atom is 0.257 e. The van der Waals surface area contributed by atoms with E-state index in [0.717, 1.165) is 22.0 Å². The Morgan fingerprint density at radius 2 is 1.83 bits per heavy atom. The molecule has 2 aromatic carbocycles. The molecule has 0 saturated heterocycles. The number of benzene rings is 2. The van der Waals surface area contributed by atoms with Crippen molar-refractivity contribution in [3.8, 4) is 11.5 Å². The number of rotatable bonds is 9. The van der Waals surface area contributed by atoms with E-state index in [0.29, 0.717) is 31.0 Å². The van der Waals surface area contributed by atoms with Gasteiger partial charge in [0.1, 0.15) is 0 Å². The number of amides is 2. The van der Waals surface area contributed by atoms with Gasteiger partial charge in [0.15, 0.2) is 18.1 Å². The molecule has 0 fully saturated rings. The molecule has 0 radical (unpaired) electrons. The maximum atomic E-state index is 12.5. The van der Waals surface area contributed by atoms with Gasteiger partial charge in [0.05, 0.1) is 13.5 Å². The number of likely N-dealkylation sites (N-methyl/N-ethyl adjacent to an activating group) is 1. The van der Waals surface area contributed by atoms with E-state index in [4.69, 9.17) is 9.47 Å². The van der Waals surface area contributed by atoms with Crippen LogP contribution in [0.3, 0.4) is 0 Å². The largest absolute Gasteiger partial charge is 0.493 e. The highest BCUT2D eigenvalue weighted by atomic mass is 16.5. The molecule has 0 saturated carbocycles. The van der Waals surface area contributed by atoms with E-state index < -0.39 is 0 Å². The fourth-order valence-electron chi connectivity index (χ4n) is 3.34. The average Bonchev–Trinajstić information content (AvgIpc) is 3.06. The number of carbonyl (C=O) groups excluding carboxylic acids is 2. The summed E-state index contributed by atoms with van der Waals surface area (Å²) in [5.74, 6) is 0.751. The second-order valence-corrected chi connectivity index (χ2v) is 6.96. The number of nitrogens with one attached hydrogen (secondary N) is 2. The smallest absolute Gasteiger partial charge is 0.257 e. The predicted octanol–water partition coefficient (Wildman–Crippen LogP) is 2.56. The van der Waals surface area contributed by atoms with E-state index in [1.807, 2.05) is 55.1 Å². The van der Waals surface area contributed by atoms with Gasteiger partial charge in [0.2, 0.25) is 5.91 Å². The Hall–Kier alpha value is -3.48. The lowest BCUT2D eigenvalue weighted by Gasteiger charge is -2.12. The summed E-state index contributed by atoms with van der Waals surface area (Å²) in [4.78, 5) is 24.0. The first kappa shape index (κ1) is 21.2. The van der Waals surface area contributed by atoms with Gasteiger partial charge in [0.25, 0.3) is 5.91 Å². The van der Waals surface area contributed by atoms with Crippen LogP contribution in [-0.4, -0.2) is 36.6 Å². The van der Waals surface area contributed by atoms with Gasteiger partial charge >= 0.3 is 0 Å². The number of hydrogen-bond acceptors (Lipinski definition) is 4. The Bertz CT molecular complexity index is 1040. The monoisotopic (exact) mass is 409 g/mol. The molecule has 0 aliphatic rings. The number of ether oxygens (including phenoxy) is 2. The molecule has 1 aromatic heterocycles. The number of nitrogens with zero attached hydrogens (tertiary/aromatic N) is 1. The van der Waals surface area contributed by atoms with Crippen LogP contribution in [0.25, 0.3) is 10.9 Å². The number of hydrogen-bond donors (Lipinski definition) is 2. The van der Waals surface area contributed by atoms with Crippen LogP contribution in [0.15, 0.2) is 48.7 Å². The first-order valence-electron chi connectivity index (χ1n) is 9.87. The maximum absolute atomic E-state index is 12.5. The molecular weight excluding hydrogens is 382 g/mol. The van der Waals surface area contributed by atoms with Gasteiger partial charge < -0.3 is 24.7 Å². The van der Waals surface area contributed by atoms with Gasteiger partial charge in [-0.1, -0.05) is 24.3 Å². The minimum Gasteiger partial charge on any atom is -0.493 e. The SMILES string of the molecule is CCNC(=O)COc1ccc(CNC(=O)Cc2cn(C)c3ccccc23)cc1OC. The molecule has 3 rings (SSSR count). The fraction of sp³-hybridized carbons (Fsp3) is 0.304. The minimum absolute atomic E-state index is 0.0538. The van der Waals surface area contributed by atoms with Crippen LogP contribution in [0.4, 0.5) is 0 Å². The van der Waals surface area contributed by atoms with Gasteiger partial charge in [-0.3, -0.25) is 9.59 Å². The van der Waals surface area contributed by atoms with E-state index in [1.165, 1.54) is 7.11 Å². The summed E-state index contributed by atoms with van der Waals surface area (Å²) in [6, 6.07) is 13.4. The number of aryl methyl sites for hydroxylation is 1. The number of para-hydroxylation sites is 1. The van der Waals surface area contributed by atoms with Crippen molar-refractivity contribution in [1.82, 2.24) is 15.2 Å². The van der Waals surface area contributed by atoms with Gasteiger partial charge in [0, 0.05) is 37.2 Å². The Morgan fingerprint density at radius 3 is 2.60 bits per heavy atom. The Labute approximate surface area is 176 Å². The van der Waals surface area contributed by atoms with Crippen LogP contribution in [-0.2, 0) is 29.6 Å². The summed E-state index contributed by atoms with van der Waals surface area (Å²) in [7, 11) is 3.52. The molecule has 2 amide bonds. The van der Waals surface area contributed by atoms with Crippen molar-refractivity contribution in [2.45, 2.75) is 19.9 Å². The second kappa shape index (κ2) is 9.82. The Kier molecular flexibility index (Phi) is 6.95. The van der Waals surface area contributed by atoms with Crippen molar-refractivity contribution in [2.75, 3.05) is 20.3 Å². The number of methoxy groups -OCH3 is 1. The van der Waals surface area contributed by atoms with Crippen LogP contribution in [0, 0.1) is 0 Å². The van der Waals surface area contributed by atoms with Crippen LogP contribution in [0.5, 0.6) is 11.5 Å². The third-order valence-corrected chi connectivity index (χ3v) is 4.78. The topological polar surface area (TPSA) is 81.6 Å². The lowest BCUT2D eigenvalue weighted by atomic mass is 10.1. The van der Waals surface area contributed by atoms with Gasteiger partial charge in [-0.05, 0) is 36.2 Å². The van der Waals surface area contributed by atoms with Crippen molar-refractivity contribution in [2.24, 2.45) is 7.05 Å². The van der Waals surface area contributed by atoms with E-state index in [2.05, 4.69) is 10.6 Å². The zero-order valence-corrected chi connectivity index (χ0v) is 17.5. The molecule has 158 valence electrons. The van der Waals surface area contributed by atoms with Crippen LogP contribution in [0.2, 0.25) is 0 Å². The molecule has 0 spiro atoms. The molecule has 7 nitrogen and oxygen atoms in total. The first-order chi connectivity index (χ1) is 14.5. The predicted molar refractivity (Wildman–Crippen MR) is 116 cm³/mol. The van der Waals surface area contributed by atoms with Crippen LogP contribution in [0.1, 0.15) is 18.1 Å². The lowest BCUT2D eigenvalue weighted by Crippen LogP contribution is -2.28. The van der Waals surface area contributed by atoms with Crippen molar-refractivity contribution < 1.29 is 19.1 Å². The molecule has 7 heteroatoms. The first-order valence-corrected chi connectivity index (χ1v) is 9.87. The third kappa shape index (κ3) is 5.11. The summed E-state index contributed by atoms with van der Waals surface area (Å²) in [6.45, 7) is 2.69. The molecule has 30 heavy (non-hydrogen) atoms. The molecular formula is C23H27N3O4. The quantitative estimate of drug-likeness (QED) is 0.569. The zero-order valence-electron chi connectivity index (χ0n) is 17.5. The summed E-state index contributed by atoms with van der Waals surface area (Å²) in [6.07, 6.45) is 2.31. The molecule has 0 atom stereocenters. The molecule has 0 aliphatic heterocycles. The fourth-order valence-corrected chi connectivity index (χ4v) is 3.34. The van der Waals surface area contributed by atoms with Gasteiger partial charge in [-0.25, -0.2) is 0 Å². The van der Waals surface area contributed by atoms with E-state index in [1.54, 1.807) is 12.1 Å². The van der Waals surface area contributed by atoms with Crippen molar-refractivity contribution in [1.29, 1.82) is 0 Å². The number of carbonyl (C=O) groups is 2. The third-order valence-electron chi connectivity index (χ3n) is 4.78. The highest BCUT2D eigenvalue weighted by Gasteiger charge is 2.12. The zero-order chi connectivity index (χ0) is 21.5. The van der Waals surface area contributed by atoms with E-state index in [-0.39, 0.29) is 18.4 Å². The van der Waals surface area contributed by atoms with Crippen molar-refractivity contribution in [3.63, 3.8) is 0 Å². The van der Waals surface area contributed by atoms with Gasteiger partial charge in [-0.15, -0.1) is 0 Å². The number of aromatic nitrogens is 1. The average molecular weight is 409 g/mol. The van der Waals surface area contributed by atoms with Crippen LogP contribution < -0.4 is 20.1 Å². The van der Waals surface area contributed by atoms with E-state index in [9.17, 15) is 9.59 Å². The minimum atomic E-state index is -0.190. The second-order valence-electron chi connectivity index (χ2n) is 6.96. The molecule has 1 heterocycles. The Balaban J connectivity index is 1.59. The summed E-state index contributed by atoms with van der Waals surface area (Å²) in [5.41, 5.74) is 2.98. The summed E-state index contributed by atoms with van der Waals surface area (Å²) >= 11 is 0. The molecule has 0 aliphatic carbocycles. The molecule has 0 bridgehead atoms. The standard InChI is InChI=1S/C23H27N3O4/c1-4-24-23(28)15-30-20-10-9-16(11-21(20)29-3)13-25-22(27)12-17-14-26(2)19-8-6-5-7-18(17)19/h5-11,14H,4,12-13,15H2,1-3H3,(H,24,28)(H,25,27). The Morgan fingerprint density at radius 1 is 1.03 bits per heavy atom.